The smallest absolute Gasteiger partial charge is 0.165 e. The quantitative estimate of drug-likeness (QED) is 0.884. The SMILES string of the molecule is CC(C)c1cccc(Oc2ccc(CCN)cc2F)c1. The summed E-state index contributed by atoms with van der Waals surface area (Å²) in [6.07, 6.45) is 0.667. The molecule has 0 fully saturated rings. The van der Waals surface area contributed by atoms with Gasteiger partial charge in [0.2, 0.25) is 0 Å². The minimum absolute atomic E-state index is 0.242. The number of halogens is 1. The Hall–Kier alpha value is -1.87. The lowest BCUT2D eigenvalue weighted by molar-refractivity contribution is 0.441. The van der Waals surface area contributed by atoms with Gasteiger partial charge in [0.1, 0.15) is 5.75 Å². The minimum atomic E-state index is -0.356. The predicted octanol–water partition coefficient (Wildman–Crippen LogP) is 4.24. The molecule has 0 heterocycles. The van der Waals surface area contributed by atoms with Gasteiger partial charge < -0.3 is 10.5 Å². The summed E-state index contributed by atoms with van der Waals surface area (Å²) in [5.41, 5.74) is 7.52. The molecule has 2 N–H and O–H groups in total. The van der Waals surface area contributed by atoms with Crippen molar-refractivity contribution in [3.8, 4) is 11.5 Å². The van der Waals surface area contributed by atoms with Gasteiger partial charge >= 0.3 is 0 Å². The summed E-state index contributed by atoms with van der Waals surface area (Å²) >= 11 is 0. The lowest BCUT2D eigenvalue weighted by Crippen LogP contribution is -2.03. The van der Waals surface area contributed by atoms with Crippen molar-refractivity contribution in [3.63, 3.8) is 0 Å². The Balaban J connectivity index is 2.19. The van der Waals surface area contributed by atoms with Crippen LogP contribution < -0.4 is 10.5 Å². The Morgan fingerprint density at radius 3 is 2.60 bits per heavy atom. The molecule has 0 saturated heterocycles. The van der Waals surface area contributed by atoms with E-state index in [1.54, 1.807) is 6.07 Å². The maximum absolute atomic E-state index is 14.0. The van der Waals surface area contributed by atoms with E-state index >= 15 is 0 Å². The topological polar surface area (TPSA) is 35.2 Å². The summed E-state index contributed by atoms with van der Waals surface area (Å²) in [4.78, 5) is 0. The van der Waals surface area contributed by atoms with E-state index in [4.69, 9.17) is 10.5 Å². The predicted molar refractivity (Wildman–Crippen MR) is 79.8 cm³/mol. The van der Waals surface area contributed by atoms with E-state index in [0.29, 0.717) is 24.6 Å². The Morgan fingerprint density at radius 2 is 1.95 bits per heavy atom. The highest BCUT2D eigenvalue weighted by Crippen LogP contribution is 2.27. The first-order chi connectivity index (χ1) is 9.60. The molecule has 0 aromatic heterocycles. The van der Waals surface area contributed by atoms with Gasteiger partial charge in [-0.05, 0) is 54.3 Å². The minimum Gasteiger partial charge on any atom is -0.454 e. The highest BCUT2D eigenvalue weighted by Gasteiger charge is 2.07. The van der Waals surface area contributed by atoms with Crippen LogP contribution in [0, 0.1) is 5.82 Å². The van der Waals surface area contributed by atoms with E-state index in [9.17, 15) is 4.39 Å². The first-order valence-corrected chi connectivity index (χ1v) is 6.86. The van der Waals surface area contributed by atoms with Crippen molar-refractivity contribution in [2.24, 2.45) is 5.73 Å². The fourth-order valence-electron chi connectivity index (χ4n) is 2.01. The van der Waals surface area contributed by atoms with Crippen LogP contribution in [0.15, 0.2) is 42.5 Å². The van der Waals surface area contributed by atoms with E-state index in [2.05, 4.69) is 13.8 Å². The molecule has 0 radical (unpaired) electrons. The number of benzene rings is 2. The second kappa shape index (κ2) is 6.53. The molecule has 0 aliphatic heterocycles. The average molecular weight is 273 g/mol. The van der Waals surface area contributed by atoms with Gasteiger partial charge in [0.05, 0.1) is 0 Å². The number of rotatable bonds is 5. The van der Waals surface area contributed by atoms with E-state index in [1.165, 1.54) is 11.6 Å². The van der Waals surface area contributed by atoms with Crippen LogP contribution >= 0.6 is 0 Å². The zero-order valence-electron chi connectivity index (χ0n) is 11.9. The van der Waals surface area contributed by atoms with Crippen LogP contribution in [-0.4, -0.2) is 6.54 Å². The van der Waals surface area contributed by atoms with Gasteiger partial charge in [0.25, 0.3) is 0 Å². The van der Waals surface area contributed by atoms with Crippen LogP contribution in [0.25, 0.3) is 0 Å². The number of hydrogen-bond donors (Lipinski definition) is 1. The van der Waals surface area contributed by atoms with Crippen molar-refractivity contribution in [3.05, 3.63) is 59.4 Å². The second-order valence-corrected chi connectivity index (χ2v) is 5.13. The second-order valence-electron chi connectivity index (χ2n) is 5.13. The molecule has 2 rings (SSSR count). The van der Waals surface area contributed by atoms with Gasteiger partial charge in [-0.2, -0.15) is 0 Å². The van der Waals surface area contributed by atoms with Crippen LogP contribution in [0.5, 0.6) is 11.5 Å². The average Bonchev–Trinajstić information content (AvgIpc) is 2.42. The third-order valence-electron chi connectivity index (χ3n) is 3.18. The Labute approximate surface area is 119 Å². The fourth-order valence-corrected chi connectivity index (χ4v) is 2.01. The number of hydrogen-bond acceptors (Lipinski definition) is 2. The third-order valence-corrected chi connectivity index (χ3v) is 3.18. The van der Waals surface area contributed by atoms with E-state index in [-0.39, 0.29) is 11.6 Å². The van der Waals surface area contributed by atoms with Crippen molar-refractivity contribution in [2.45, 2.75) is 26.2 Å². The lowest BCUT2D eigenvalue weighted by Gasteiger charge is -2.11. The molecule has 0 spiro atoms. The molecule has 0 unspecified atom stereocenters. The summed E-state index contributed by atoms with van der Waals surface area (Å²) in [5.74, 6) is 0.953. The van der Waals surface area contributed by atoms with Gasteiger partial charge in [0.15, 0.2) is 11.6 Å². The van der Waals surface area contributed by atoms with Crippen molar-refractivity contribution in [1.29, 1.82) is 0 Å². The maximum atomic E-state index is 14.0. The van der Waals surface area contributed by atoms with Crippen LogP contribution in [0.4, 0.5) is 4.39 Å². The summed E-state index contributed by atoms with van der Waals surface area (Å²) in [7, 11) is 0. The summed E-state index contributed by atoms with van der Waals surface area (Å²) in [5, 5.41) is 0. The van der Waals surface area contributed by atoms with Gasteiger partial charge in [-0.15, -0.1) is 0 Å². The molecule has 2 nitrogen and oxygen atoms in total. The standard InChI is InChI=1S/C17H20FNO/c1-12(2)14-4-3-5-15(11-14)20-17-7-6-13(8-9-19)10-16(17)18/h3-7,10-12H,8-9,19H2,1-2H3. The Kier molecular flexibility index (Phi) is 4.74. The van der Waals surface area contributed by atoms with Crippen LogP contribution in [0.2, 0.25) is 0 Å². The van der Waals surface area contributed by atoms with E-state index in [0.717, 1.165) is 5.56 Å². The molecule has 0 atom stereocenters. The molecular weight excluding hydrogens is 253 g/mol. The molecule has 3 heteroatoms. The van der Waals surface area contributed by atoms with Gasteiger partial charge in [-0.3, -0.25) is 0 Å². The fraction of sp³-hybridized carbons (Fsp3) is 0.294. The normalized spacial score (nSPS) is 10.8. The monoisotopic (exact) mass is 273 g/mol. The van der Waals surface area contributed by atoms with Gasteiger partial charge in [0, 0.05) is 0 Å². The molecule has 0 aliphatic carbocycles. The van der Waals surface area contributed by atoms with Crippen LogP contribution in [-0.2, 0) is 6.42 Å². The Bertz CT molecular complexity index is 581. The van der Waals surface area contributed by atoms with Crippen LogP contribution in [0.1, 0.15) is 30.9 Å². The third kappa shape index (κ3) is 3.58. The largest absolute Gasteiger partial charge is 0.454 e. The van der Waals surface area contributed by atoms with Crippen LogP contribution in [0.3, 0.4) is 0 Å². The molecule has 2 aromatic rings. The highest BCUT2D eigenvalue weighted by atomic mass is 19.1. The van der Waals surface area contributed by atoms with Crippen molar-refractivity contribution in [1.82, 2.24) is 0 Å². The highest BCUT2D eigenvalue weighted by molar-refractivity contribution is 5.37. The first-order valence-electron chi connectivity index (χ1n) is 6.86. The van der Waals surface area contributed by atoms with E-state index in [1.807, 2.05) is 30.3 Å². The van der Waals surface area contributed by atoms with Crippen molar-refractivity contribution in [2.75, 3.05) is 6.54 Å². The Morgan fingerprint density at radius 1 is 1.15 bits per heavy atom. The maximum Gasteiger partial charge on any atom is 0.165 e. The molecule has 0 bridgehead atoms. The van der Waals surface area contributed by atoms with E-state index < -0.39 is 0 Å². The molecule has 0 aliphatic rings. The molecule has 0 saturated carbocycles. The number of ether oxygens (including phenoxy) is 1. The first kappa shape index (κ1) is 14.5. The summed E-state index contributed by atoms with van der Waals surface area (Å²) in [6, 6.07) is 12.7. The lowest BCUT2D eigenvalue weighted by atomic mass is 10.0. The molecule has 106 valence electrons. The summed E-state index contributed by atoms with van der Waals surface area (Å²) in [6.45, 7) is 4.73. The molecular formula is C17H20FNO. The van der Waals surface area contributed by atoms with Crippen molar-refractivity contribution < 1.29 is 9.13 Å². The summed E-state index contributed by atoms with van der Waals surface area (Å²) < 4.78 is 19.6. The van der Waals surface area contributed by atoms with Gasteiger partial charge in [-0.1, -0.05) is 32.0 Å². The molecule has 2 aromatic carbocycles. The zero-order chi connectivity index (χ0) is 14.5. The van der Waals surface area contributed by atoms with Crippen molar-refractivity contribution >= 4 is 0 Å². The molecule has 0 amide bonds. The number of nitrogens with two attached hydrogens (primary N) is 1. The molecule has 20 heavy (non-hydrogen) atoms. The zero-order valence-corrected chi connectivity index (χ0v) is 11.9. The van der Waals surface area contributed by atoms with Gasteiger partial charge in [-0.25, -0.2) is 4.39 Å².